The highest BCUT2D eigenvalue weighted by Crippen LogP contribution is 2.29. The van der Waals surface area contributed by atoms with Crippen molar-refractivity contribution in [1.29, 1.82) is 0 Å². The van der Waals surface area contributed by atoms with Crippen molar-refractivity contribution in [3.63, 3.8) is 0 Å². The Labute approximate surface area is 160 Å². The third-order valence-corrected chi connectivity index (χ3v) is 4.78. The second-order valence-corrected chi connectivity index (χ2v) is 6.93. The maximum Gasteiger partial charge on any atom is 0.416 e. The van der Waals surface area contributed by atoms with Gasteiger partial charge in [-0.25, -0.2) is 0 Å². The number of halogens is 3. The molecule has 148 valence electrons. The number of aromatic nitrogens is 1. The molecule has 5 nitrogen and oxygen atoms in total. The van der Waals surface area contributed by atoms with Gasteiger partial charge in [-0.2, -0.15) is 13.2 Å². The van der Waals surface area contributed by atoms with E-state index >= 15 is 0 Å². The van der Waals surface area contributed by atoms with Crippen molar-refractivity contribution >= 4 is 17.5 Å². The summed E-state index contributed by atoms with van der Waals surface area (Å²) < 4.78 is 37.8. The molecule has 0 unspecified atom stereocenters. The van der Waals surface area contributed by atoms with Crippen LogP contribution in [-0.2, 0) is 6.18 Å². The number of nitrogens with zero attached hydrogens (tertiary/aromatic N) is 2. The van der Waals surface area contributed by atoms with Gasteiger partial charge in [-0.1, -0.05) is 6.92 Å². The Balaban J connectivity index is 1.69. The third-order valence-electron chi connectivity index (χ3n) is 4.78. The van der Waals surface area contributed by atoms with Gasteiger partial charge in [0.25, 0.3) is 11.8 Å². The van der Waals surface area contributed by atoms with Crippen molar-refractivity contribution in [2.45, 2.75) is 25.9 Å². The maximum absolute atomic E-state index is 12.6. The average molecular weight is 391 g/mol. The smallest absolute Gasteiger partial charge is 0.337 e. The molecule has 0 spiro atoms. The number of hydrogen-bond donors (Lipinski definition) is 1. The number of likely N-dealkylation sites (tertiary alicyclic amines) is 1. The quantitative estimate of drug-likeness (QED) is 0.852. The fourth-order valence-corrected chi connectivity index (χ4v) is 3.01. The standard InChI is InChI=1S/C20H20F3N3O2/c1-13-7-10-26(11-8-13)19(28)17-12-14(6-9-24-17)18(27)25-16-4-2-15(3-5-16)20(21,22)23/h2-6,9,12-13H,7-8,10-11H2,1H3,(H,25,27). The van der Waals surface area contributed by atoms with Gasteiger partial charge >= 0.3 is 6.18 Å². The fraction of sp³-hybridized carbons (Fsp3) is 0.350. The first-order valence-corrected chi connectivity index (χ1v) is 8.98. The highest BCUT2D eigenvalue weighted by atomic mass is 19.4. The second-order valence-electron chi connectivity index (χ2n) is 6.93. The van der Waals surface area contributed by atoms with Crippen LogP contribution >= 0.6 is 0 Å². The maximum atomic E-state index is 12.6. The molecule has 1 aliphatic heterocycles. The minimum Gasteiger partial charge on any atom is -0.337 e. The summed E-state index contributed by atoms with van der Waals surface area (Å²) in [7, 11) is 0. The van der Waals surface area contributed by atoms with Crippen LogP contribution in [-0.4, -0.2) is 34.8 Å². The van der Waals surface area contributed by atoms with E-state index in [1.165, 1.54) is 30.5 Å². The lowest BCUT2D eigenvalue weighted by Crippen LogP contribution is -2.38. The summed E-state index contributed by atoms with van der Waals surface area (Å²) in [5, 5.41) is 2.53. The van der Waals surface area contributed by atoms with E-state index in [2.05, 4.69) is 17.2 Å². The Morgan fingerprint density at radius 1 is 1.11 bits per heavy atom. The van der Waals surface area contributed by atoms with Crippen molar-refractivity contribution in [3.8, 4) is 0 Å². The van der Waals surface area contributed by atoms with E-state index in [-0.39, 0.29) is 22.9 Å². The Hall–Kier alpha value is -2.90. The monoisotopic (exact) mass is 391 g/mol. The normalized spacial score (nSPS) is 15.4. The van der Waals surface area contributed by atoms with Gasteiger partial charge in [-0.15, -0.1) is 0 Å². The number of alkyl halides is 3. The number of carbonyl (C=O) groups excluding carboxylic acids is 2. The number of rotatable bonds is 3. The number of amides is 2. The fourth-order valence-electron chi connectivity index (χ4n) is 3.01. The van der Waals surface area contributed by atoms with E-state index < -0.39 is 17.6 Å². The predicted molar refractivity (Wildman–Crippen MR) is 97.9 cm³/mol. The molecule has 1 saturated heterocycles. The molecule has 2 amide bonds. The van der Waals surface area contributed by atoms with Crippen molar-refractivity contribution in [2.24, 2.45) is 5.92 Å². The van der Waals surface area contributed by atoms with Crippen LogP contribution in [0.1, 0.15) is 46.2 Å². The molecular formula is C20H20F3N3O2. The van der Waals surface area contributed by atoms with E-state index in [1.54, 1.807) is 4.90 Å². The summed E-state index contributed by atoms with van der Waals surface area (Å²) >= 11 is 0. The summed E-state index contributed by atoms with van der Waals surface area (Å²) in [5.74, 6) is -0.169. The number of piperidine rings is 1. The van der Waals surface area contributed by atoms with Crippen LogP contribution in [0.25, 0.3) is 0 Å². The Bertz CT molecular complexity index is 858. The first-order valence-electron chi connectivity index (χ1n) is 8.98. The molecular weight excluding hydrogens is 371 g/mol. The van der Waals surface area contributed by atoms with Gasteiger partial charge in [-0.3, -0.25) is 14.6 Å². The lowest BCUT2D eigenvalue weighted by molar-refractivity contribution is -0.137. The lowest BCUT2D eigenvalue weighted by atomic mass is 9.99. The van der Waals surface area contributed by atoms with E-state index in [9.17, 15) is 22.8 Å². The van der Waals surface area contributed by atoms with Crippen molar-refractivity contribution in [3.05, 3.63) is 59.4 Å². The summed E-state index contributed by atoms with van der Waals surface area (Å²) in [6.07, 6.45) is -1.20. The highest BCUT2D eigenvalue weighted by Gasteiger charge is 2.30. The molecule has 2 heterocycles. The van der Waals surface area contributed by atoms with Crippen LogP contribution < -0.4 is 5.32 Å². The second kappa shape index (κ2) is 8.00. The predicted octanol–water partition coefficient (Wildman–Crippen LogP) is 4.22. The van der Waals surface area contributed by atoms with E-state index in [0.29, 0.717) is 19.0 Å². The molecule has 8 heteroatoms. The Morgan fingerprint density at radius 3 is 2.36 bits per heavy atom. The molecule has 0 atom stereocenters. The molecule has 2 aromatic rings. The number of carbonyl (C=O) groups is 2. The summed E-state index contributed by atoms with van der Waals surface area (Å²) in [6, 6.07) is 7.02. The van der Waals surface area contributed by atoms with Gasteiger partial charge < -0.3 is 10.2 Å². The van der Waals surface area contributed by atoms with Crippen LogP contribution in [0.15, 0.2) is 42.6 Å². The highest BCUT2D eigenvalue weighted by molar-refractivity contribution is 6.05. The van der Waals surface area contributed by atoms with Crippen LogP contribution in [0.4, 0.5) is 18.9 Å². The van der Waals surface area contributed by atoms with Crippen LogP contribution in [0.2, 0.25) is 0 Å². The zero-order chi connectivity index (χ0) is 20.3. The molecule has 1 aromatic carbocycles. The topological polar surface area (TPSA) is 62.3 Å². The molecule has 0 saturated carbocycles. The van der Waals surface area contributed by atoms with Gasteiger partial charge in [0, 0.05) is 30.5 Å². The van der Waals surface area contributed by atoms with Crippen LogP contribution in [0.5, 0.6) is 0 Å². The average Bonchev–Trinajstić information content (AvgIpc) is 2.68. The number of nitrogens with one attached hydrogen (secondary N) is 1. The van der Waals surface area contributed by atoms with Gasteiger partial charge in [0.2, 0.25) is 0 Å². The molecule has 1 fully saturated rings. The summed E-state index contributed by atoms with van der Waals surface area (Å²) in [6.45, 7) is 3.46. The van der Waals surface area contributed by atoms with Gasteiger partial charge in [0.05, 0.1) is 5.56 Å². The SMILES string of the molecule is CC1CCN(C(=O)c2cc(C(=O)Nc3ccc(C(F)(F)F)cc3)ccn2)CC1. The van der Waals surface area contributed by atoms with Gasteiger partial charge in [-0.05, 0) is 55.2 Å². The van der Waals surface area contributed by atoms with Crippen molar-refractivity contribution < 1.29 is 22.8 Å². The van der Waals surface area contributed by atoms with Crippen LogP contribution in [0.3, 0.4) is 0 Å². The molecule has 1 aromatic heterocycles. The van der Waals surface area contributed by atoms with E-state index in [4.69, 9.17) is 0 Å². The molecule has 0 bridgehead atoms. The number of pyridine rings is 1. The molecule has 28 heavy (non-hydrogen) atoms. The van der Waals surface area contributed by atoms with Gasteiger partial charge in [0.1, 0.15) is 5.69 Å². The van der Waals surface area contributed by atoms with E-state index in [1.807, 2.05) is 0 Å². The minimum atomic E-state index is -4.44. The zero-order valence-electron chi connectivity index (χ0n) is 15.3. The molecule has 3 rings (SSSR count). The first-order chi connectivity index (χ1) is 13.2. The zero-order valence-corrected chi connectivity index (χ0v) is 15.3. The molecule has 1 aliphatic rings. The van der Waals surface area contributed by atoms with Crippen molar-refractivity contribution in [2.75, 3.05) is 18.4 Å². The van der Waals surface area contributed by atoms with Crippen molar-refractivity contribution in [1.82, 2.24) is 9.88 Å². The molecule has 1 N–H and O–H groups in total. The summed E-state index contributed by atoms with van der Waals surface area (Å²) in [5.41, 5.74) is -0.177. The summed E-state index contributed by atoms with van der Waals surface area (Å²) in [4.78, 5) is 30.8. The molecule has 0 aliphatic carbocycles. The number of hydrogen-bond acceptors (Lipinski definition) is 3. The molecule has 0 radical (unpaired) electrons. The van der Waals surface area contributed by atoms with Gasteiger partial charge in [0.15, 0.2) is 0 Å². The number of anilines is 1. The van der Waals surface area contributed by atoms with E-state index in [0.717, 1.165) is 25.0 Å². The minimum absolute atomic E-state index is 0.176. The third kappa shape index (κ3) is 4.68. The number of benzene rings is 1. The largest absolute Gasteiger partial charge is 0.416 e. The Morgan fingerprint density at radius 2 is 1.75 bits per heavy atom. The lowest BCUT2D eigenvalue weighted by Gasteiger charge is -2.30. The Kier molecular flexibility index (Phi) is 5.67. The van der Waals surface area contributed by atoms with Crippen LogP contribution in [0, 0.1) is 5.92 Å². The first kappa shape index (κ1) is 19.9.